The summed E-state index contributed by atoms with van der Waals surface area (Å²) in [6.07, 6.45) is 2.23. The fourth-order valence-corrected chi connectivity index (χ4v) is 1.31. The van der Waals surface area contributed by atoms with E-state index in [9.17, 15) is 4.79 Å². The highest BCUT2D eigenvalue weighted by molar-refractivity contribution is 5.92. The van der Waals surface area contributed by atoms with Crippen molar-refractivity contribution < 1.29 is 15.0 Å². The maximum atomic E-state index is 10.9. The molecule has 0 amide bonds. The van der Waals surface area contributed by atoms with Crippen LogP contribution in [-0.4, -0.2) is 34.3 Å². The van der Waals surface area contributed by atoms with Gasteiger partial charge in [0.2, 0.25) is 0 Å². The first-order valence-corrected chi connectivity index (χ1v) is 5.18. The summed E-state index contributed by atoms with van der Waals surface area (Å²) in [4.78, 5) is 14.8. The lowest BCUT2D eigenvalue weighted by molar-refractivity contribution is 0.0697. The van der Waals surface area contributed by atoms with Gasteiger partial charge in [-0.1, -0.05) is 6.92 Å². The van der Waals surface area contributed by atoms with Gasteiger partial charge in [-0.2, -0.15) is 0 Å². The largest absolute Gasteiger partial charge is 0.478 e. The molecule has 5 heteroatoms. The summed E-state index contributed by atoms with van der Waals surface area (Å²) in [5, 5.41) is 20.6. The molecule has 0 aliphatic carbocycles. The predicted molar refractivity (Wildman–Crippen MR) is 60.6 cm³/mol. The van der Waals surface area contributed by atoms with Crippen LogP contribution in [0.4, 0.5) is 5.82 Å². The highest BCUT2D eigenvalue weighted by atomic mass is 16.4. The SMILES string of the molecule is CC(CCO)CNc1ncccc1C(=O)O. The number of aliphatic hydroxyl groups excluding tert-OH is 1. The third kappa shape index (κ3) is 3.51. The Balaban J connectivity index is 2.63. The molecule has 1 aromatic heterocycles. The summed E-state index contributed by atoms with van der Waals surface area (Å²) in [5.74, 6) is -0.348. The van der Waals surface area contributed by atoms with Crippen molar-refractivity contribution in [2.75, 3.05) is 18.5 Å². The van der Waals surface area contributed by atoms with E-state index in [0.717, 1.165) is 0 Å². The molecule has 0 aromatic carbocycles. The van der Waals surface area contributed by atoms with Crippen LogP contribution in [0, 0.1) is 5.92 Å². The molecule has 1 atom stereocenters. The summed E-state index contributed by atoms with van der Waals surface area (Å²) < 4.78 is 0. The second-order valence-corrected chi connectivity index (χ2v) is 3.70. The molecule has 0 aliphatic rings. The number of carboxylic acids is 1. The molecule has 88 valence electrons. The van der Waals surface area contributed by atoms with E-state index in [1.165, 1.54) is 6.07 Å². The highest BCUT2D eigenvalue weighted by Gasteiger charge is 2.10. The Kier molecular flexibility index (Phi) is 4.72. The number of aromatic nitrogens is 1. The number of nitrogens with one attached hydrogen (secondary N) is 1. The van der Waals surface area contributed by atoms with Crippen LogP contribution in [-0.2, 0) is 0 Å². The third-order valence-electron chi connectivity index (χ3n) is 2.28. The van der Waals surface area contributed by atoms with Gasteiger partial charge in [0.15, 0.2) is 0 Å². The van der Waals surface area contributed by atoms with Gasteiger partial charge >= 0.3 is 5.97 Å². The smallest absolute Gasteiger partial charge is 0.339 e. The number of rotatable bonds is 6. The van der Waals surface area contributed by atoms with Crippen molar-refractivity contribution in [3.05, 3.63) is 23.9 Å². The quantitative estimate of drug-likeness (QED) is 0.676. The molecule has 1 heterocycles. The van der Waals surface area contributed by atoms with E-state index in [-0.39, 0.29) is 18.1 Å². The van der Waals surface area contributed by atoms with Crippen molar-refractivity contribution in [1.29, 1.82) is 0 Å². The molecule has 0 bridgehead atoms. The van der Waals surface area contributed by atoms with Crippen LogP contribution in [0.3, 0.4) is 0 Å². The van der Waals surface area contributed by atoms with Crippen LogP contribution in [0.5, 0.6) is 0 Å². The number of anilines is 1. The standard InChI is InChI=1S/C11H16N2O3/c1-8(4-6-14)7-13-10-9(11(15)16)3-2-5-12-10/h2-3,5,8,14H,4,6-7H2,1H3,(H,12,13)(H,15,16). The van der Waals surface area contributed by atoms with E-state index in [1.54, 1.807) is 12.3 Å². The Bertz CT molecular complexity index is 355. The number of carboxylic acid groups (broad SMARTS) is 1. The fourth-order valence-electron chi connectivity index (χ4n) is 1.31. The molecule has 0 saturated carbocycles. The van der Waals surface area contributed by atoms with E-state index < -0.39 is 5.97 Å². The molecular formula is C11H16N2O3. The molecule has 0 spiro atoms. The van der Waals surface area contributed by atoms with Gasteiger partial charge in [-0.3, -0.25) is 0 Å². The Hall–Kier alpha value is -1.62. The first kappa shape index (κ1) is 12.4. The Morgan fingerprint density at radius 2 is 2.38 bits per heavy atom. The minimum Gasteiger partial charge on any atom is -0.478 e. The predicted octanol–water partition coefficient (Wildman–Crippen LogP) is 1.21. The van der Waals surface area contributed by atoms with Crippen LogP contribution >= 0.6 is 0 Å². The van der Waals surface area contributed by atoms with Crippen LogP contribution < -0.4 is 5.32 Å². The highest BCUT2D eigenvalue weighted by Crippen LogP contribution is 2.12. The zero-order valence-corrected chi connectivity index (χ0v) is 9.18. The molecule has 3 N–H and O–H groups in total. The van der Waals surface area contributed by atoms with Gasteiger partial charge < -0.3 is 15.5 Å². The van der Waals surface area contributed by atoms with Crippen molar-refractivity contribution in [3.63, 3.8) is 0 Å². The number of hydrogen-bond acceptors (Lipinski definition) is 4. The molecular weight excluding hydrogens is 208 g/mol. The summed E-state index contributed by atoms with van der Waals surface area (Å²) in [6.45, 7) is 2.71. The summed E-state index contributed by atoms with van der Waals surface area (Å²) >= 11 is 0. The lowest BCUT2D eigenvalue weighted by Crippen LogP contribution is -2.15. The molecule has 5 nitrogen and oxygen atoms in total. The number of pyridine rings is 1. The molecule has 16 heavy (non-hydrogen) atoms. The van der Waals surface area contributed by atoms with Gasteiger partial charge in [-0.25, -0.2) is 9.78 Å². The summed E-state index contributed by atoms with van der Waals surface area (Å²) in [7, 11) is 0. The maximum absolute atomic E-state index is 10.9. The van der Waals surface area contributed by atoms with Crippen molar-refractivity contribution in [3.8, 4) is 0 Å². The van der Waals surface area contributed by atoms with Gasteiger partial charge in [0.25, 0.3) is 0 Å². The monoisotopic (exact) mass is 224 g/mol. The van der Waals surface area contributed by atoms with Gasteiger partial charge in [-0.05, 0) is 24.5 Å². The molecule has 1 unspecified atom stereocenters. The van der Waals surface area contributed by atoms with E-state index in [1.807, 2.05) is 6.92 Å². The number of aromatic carboxylic acids is 1. The molecule has 0 radical (unpaired) electrons. The lowest BCUT2D eigenvalue weighted by Gasteiger charge is -2.12. The van der Waals surface area contributed by atoms with Gasteiger partial charge in [0.1, 0.15) is 11.4 Å². The molecule has 0 saturated heterocycles. The number of hydrogen-bond donors (Lipinski definition) is 3. The van der Waals surface area contributed by atoms with Gasteiger partial charge in [0.05, 0.1) is 0 Å². The molecule has 0 aliphatic heterocycles. The number of nitrogens with zero attached hydrogens (tertiary/aromatic N) is 1. The Labute approximate surface area is 94.1 Å². The van der Waals surface area contributed by atoms with Crippen molar-refractivity contribution in [2.24, 2.45) is 5.92 Å². The van der Waals surface area contributed by atoms with Crippen molar-refractivity contribution >= 4 is 11.8 Å². The zero-order chi connectivity index (χ0) is 12.0. The number of carbonyl (C=O) groups is 1. The van der Waals surface area contributed by atoms with Crippen LogP contribution in [0.2, 0.25) is 0 Å². The van der Waals surface area contributed by atoms with Crippen LogP contribution in [0.15, 0.2) is 18.3 Å². The molecule has 0 fully saturated rings. The van der Waals surface area contributed by atoms with Crippen molar-refractivity contribution in [2.45, 2.75) is 13.3 Å². The second kappa shape index (κ2) is 6.07. The van der Waals surface area contributed by atoms with E-state index in [4.69, 9.17) is 10.2 Å². The van der Waals surface area contributed by atoms with E-state index in [2.05, 4.69) is 10.3 Å². The second-order valence-electron chi connectivity index (χ2n) is 3.70. The summed E-state index contributed by atoms with van der Waals surface area (Å²) in [5.41, 5.74) is 0.165. The minimum atomic E-state index is -0.995. The average Bonchev–Trinajstić information content (AvgIpc) is 2.27. The van der Waals surface area contributed by atoms with Gasteiger partial charge in [0, 0.05) is 19.3 Å². The maximum Gasteiger partial charge on any atom is 0.339 e. The van der Waals surface area contributed by atoms with E-state index in [0.29, 0.717) is 18.8 Å². The average molecular weight is 224 g/mol. The Morgan fingerprint density at radius 1 is 1.62 bits per heavy atom. The topological polar surface area (TPSA) is 82.5 Å². The summed E-state index contributed by atoms with van der Waals surface area (Å²) in [6, 6.07) is 3.10. The first-order valence-electron chi connectivity index (χ1n) is 5.18. The van der Waals surface area contributed by atoms with Crippen LogP contribution in [0.25, 0.3) is 0 Å². The van der Waals surface area contributed by atoms with Crippen LogP contribution in [0.1, 0.15) is 23.7 Å². The third-order valence-corrected chi connectivity index (χ3v) is 2.28. The first-order chi connectivity index (χ1) is 7.65. The minimum absolute atomic E-state index is 0.136. The van der Waals surface area contributed by atoms with Gasteiger partial charge in [-0.15, -0.1) is 0 Å². The van der Waals surface area contributed by atoms with E-state index >= 15 is 0 Å². The van der Waals surface area contributed by atoms with Crippen molar-refractivity contribution in [1.82, 2.24) is 4.98 Å². The molecule has 1 rings (SSSR count). The Morgan fingerprint density at radius 3 is 3.00 bits per heavy atom. The fraction of sp³-hybridized carbons (Fsp3) is 0.455. The molecule has 1 aromatic rings. The normalized spacial score (nSPS) is 12.1. The lowest BCUT2D eigenvalue weighted by atomic mass is 10.1. The zero-order valence-electron chi connectivity index (χ0n) is 9.18. The number of aliphatic hydroxyl groups is 1.